The summed E-state index contributed by atoms with van der Waals surface area (Å²) in [5, 5.41) is 1.20. The van der Waals surface area contributed by atoms with Crippen molar-refractivity contribution in [2.75, 3.05) is 0 Å². The van der Waals surface area contributed by atoms with Crippen LogP contribution in [0, 0.1) is 12.8 Å². The molecule has 20 heavy (non-hydrogen) atoms. The number of hydrogen-bond acceptors (Lipinski definition) is 3. The first-order valence-corrected chi connectivity index (χ1v) is 7.44. The highest BCUT2D eigenvalue weighted by Gasteiger charge is 2.14. The van der Waals surface area contributed by atoms with Gasteiger partial charge >= 0.3 is 0 Å². The van der Waals surface area contributed by atoms with Crippen LogP contribution in [0.2, 0.25) is 0 Å². The van der Waals surface area contributed by atoms with Gasteiger partial charge in [-0.05, 0) is 37.0 Å². The number of nitrogens with two attached hydrogens (primary N) is 1. The molecule has 1 aromatic heterocycles. The fourth-order valence-electron chi connectivity index (χ4n) is 2.69. The van der Waals surface area contributed by atoms with E-state index < -0.39 is 0 Å². The van der Waals surface area contributed by atoms with Gasteiger partial charge in [0.2, 0.25) is 0 Å². The SMILES string of the molecule is Cc1cc(C(CCCC(C)C)NN)c2ccccc2n1. The molecule has 0 aliphatic carbocycles. The van der Waals surface area contributed by atoms with Gasteiger partial charge in [0.25, 0.3) is 0 Å². The van der Waals surface area contributed by atoms with Gasteiger partial charge in [-0.1, -0.05) is 44.9 Å². The Morgan fingerprint density at radius 2 is 1.95 bits per heavy atom. The lowest BCUT2D eigenvalue weighted by Crippen LogP contribution is -2.28. The Kier molecular flexibility index (Phi) is 5.10. The van der Waals surface area contributed by atoms with Crippen molar-refractivity contribution in [1.29, 1.82) is 0 Å². The van der Waals surface area contributed by atoms with Gasteiger partial charge in [-0.25, -0.2) is 0 Å². The Balaban J connectivity index is 2.29. The van der Waals surface area contributed by atoms with Crippen LogP contribution >= 0.6 is 0 Å². The molecular formula is C17H25N3. The van der Waals surface area contributed by atoms with Crippen molar-refractivity contribution in [3.63, 3.8) is 0 Å². The molecular weight excluding hydrogens is 246 g/mol. The summed E-state index contributed by atoms with van der Waals surface area (Å²) in [4.78, 5) is 4.59. The van der Waals surface area contributed by atoms with Crippen LogP contribution in [-0.2, 0) is 0 Å². The summed E-state index contributed by atoms with van der Waals surface area (Å²) < 4.78 is 0. The molecule has 2 rings (SSSR count). The molecule has 1 unspecified atom stereocenters. The van der Waals surface area contributed by atoms with E-state index in [1.807, 2.05) is 13.0 Å². The molecule has 108 valence electrons. The second-order valence-electron chi connectivity index (χ2n) is 5.91. The lowest BCUT2D eigenvalue weighted by molar-refractivity contribution is 0.456. The molecule has 0 amide bonds. The lowest BCUT2D eigenvalue weighted by atomic mass is 9.95. The van der Waals surface area contributed by atoms with E-state index in [2.05, 4.69) is 48.5 Å². The average Bonchev–Trinajstić information content (AvgIpc) is 2.42. The van der Waals surface area contributed by atoms with Crippen LogP contribution in [0.15, 0.2) is 30.3 Å². The highest BCUT2D eigenvalue weighted by atomic mass is 15.2. The lowest BCUT2D eigenvalue weighted by Gasteiger charge is -2.19. The first-order valence-electron chi connectivity index (χ1n) is 7.44. The Bertz CT molecular complexity index is 563. The Morgan fingerprint density at radius 1 is 1.20 bits per heavy atom. The molecule has 0 saturated heterocycles. The van der Waals surface area contributed by atoms with Crippen LogP contribution in [0.4, 0.5) is 0 Å². The van der Waals surface area contributed by atoms with Crippen LogP contribution in [0.3, 0.4) is 0 Å². The fourth-order valence-corrected chi connectivity index (χ4v) is 2.69. The molecule has 1 aromatic carbocycles. The van der Waals surface area contributed by atoms with E-state index in [0.717, 1.165) is 23.5 Å². The molecule has 0 radical (unpaired) electrons. The predicted molar refractivity (Wildman–Crippen MR) is 85.2 cm³/mol. The average molecular weight is 271 g/mol. The molecule has 0 bridgehead atoms. The van der Waals surface area contributed by atoms with Crippen LogP contribution < -0.4 is 11.3 Å². The van der Waals surface area contributed by atoms with Gasteiger partial charge in [-0.2, -0.15) is 0 Å². The molecule has 1 heterocycles. The van der Waals surface area contributed by atoms with Crippen molar-refractivity contribution < 1.29 is 0 Å². The van der Waals surface area contributed by atoms with E-state index in [-0.39, 0.29) is 6.04 Å². The number of hydrogen-bond donors (Lipinski definition) is 2. The predicted octanol–water partition coefficient (Wildman–Crippen LogP) is 3.87. The molecule has 0 aliphatic heterocycles. The molecule has 1 atom stereocenters. The monoisotopic (exact) mass is 271 g/mol. The third kappa shape index (κ3) is 3.56. The van der Waals surface area contributed by atoms with Gasteiger partial charge in [-0.15, -0.1) is 0 Å². The van der Waals surface area contributed by atoms with Crippen LogP contribution in [0.25, 0.3) is 10.9 Å². The van der Waals surface area contributed by atoms with Gasteiger partial charge in [0, 0.05) is 17.1 Å². The van der Waals surface area contributed by atoms with Crippen molar-refractivity contribution in [1.82, 2.24) is 10.4 Å². The second-order valence-corrected chi connectivity index (χ2v) is 5.91. The third-order valence-electron chi connectivity index (χ3n) is 3.73. The maximum atomic E-state index is 5.79. The number of nitrogens with one attached hydrogen (secondary N) is 1. The van der Waals surface area contributed by atoms with E-state index in [0.29, 0.717) is 0 Å². The molecule has 3 nitrogen and oxygen atoms in total. The van der Waals surface area contributed by atoms with E-state index in [4.69, 9.17) is 5.84 Å². The van der Waals surface area contributed by atoms with Gasteiger partial charge in [-0.3, -0.25) is 16.3 Å². The summed E-state index contributed by atoms with van der Waals surface area (Å²) in [5.74, 6) is 6.53. The topological polar surface area (TPSA) is 50.9 Å². The summed E-state index contributed by atoms with van der Waals surface area (Å²) in [6.07, 6.45) is 3.48. The van der Waals surface area contributed by atoms with Crippen molar-refractivity contribution in [3.8, 4) is 0 Å². The van der Waals surface area contributed by atoms with Gasteiger partial charge in [0.15, 0.2) is 0 Å². The molecule has 0 aliphatic rings. The molecule has 0 fully saturated rings. The Labute approximate surface area is 121 Å². The summed E-state index contributed by atoms with van der Waals surface area (Å²) in [7, 11) is 0. The zero-order valence-electron chi connectivity index (χ0n) is 12.7. The van der Waals surface area contributed by atoms with E-state index in [1.54, 1.807) is 0 Å². The molecule has 2 aromatic rings. The zero-order chi connectivity index (χ0) is 14.5. The Hall–Kier alpha value is -1.45. The number of fused-ring (bicyclic) bond motifs is 1. The Morgan fingerprint density at radius 3 is 2.65 bits per heavy atom. The van der Waals surface area contributed by atoms with Crippen LogP contribution in [0.5, 0.6) is 0 Å². The minimum Gasteiger partial charge on any atom is -0.271 e. The normalized spacial score (nSPS) is 13.1. The first kappa shape index (κ1) is 14.9. The summed E-state index contributed by atoms with van der Waals surface area (Å²) in [6, 6.07) is 10.6. The van der Waals surface area contributed by atoms with Crippen molar-refractivity contribution in [3.05, 3.63) is 41.6 Å². The number of rotatable bonds is 6. The number of aryl methyl sites for hydroxylation is 1. The number of hydrazine groups is 1. The highest BCUT2D eigenvalue weighted by Crippen LogP contribution is 2.27. The van der Waals surface area contributed by atoms with E-state index in [1.165, 1.54) is 23.8 Å². The maximum Gasteiger partial charge on any atom is 0.0708 e. The first-order chi connectivity index (χ1) is 9.61. The maximum absolute atomic E-state index is 5.79. The van der Waals surface area contributed by atoms with Crippen LogP contribution in [0.1, 0.15) is 50.4 Å². The number of pyridine rings is 1. The summed E-state index contributed by atoms with van der Waals surface area (Å²) in [6.45, 7) is 6.56. The second kappa shape index (κ2) is 6.82. The van der Waals surface area contributed by atoms with Crippen LogP contribution in [-0.4, -0.2) is 4.98 Å². The number of benzene rings is 1. The van der Waals surface area contributed by atoms with Gasteiger partial charge in [0.1, 0.15) is 0 Å². The summed E-state index contributed by atoms with van der Waals surface area (Å²) in [5.41, 5.74) is 6.34. The van der Waals surface area contributed by atoms with Crippen molar-refractivity contribution >= 4 is 10.9 Å². The molecule has 0 saturated carbocycles. The number of aromatic nitrogens is 1. The summed E-state index contributed by atoms with van der Waals surface area (Å²) >= 11 is 0. The van der Waals surface area contributed by atoms with E-state index >= 15 is 0 Å². The fraction of sp³-hybridized carbons (Fsp3) is 0.471. The smallest absolute Gasteiger partial charge is 0.0708 e. The zero-order valence-corrected chi connectivity index (χ0v) is 12.7. The largest absolute Gasteiger partial charge is 0.271 e. The quantitative estimate of drug-likeness (QED) is 0.619. The molecule has 3 heteroatoms. The van der Waals surface area contributed by atoms with Gasteiger partial charge < -0.3 is 0 Å². The minimum atomic E-state index is 0.195. The van der Waals surface area contributed by atoms with Gasteiger partial charge in [0.05, 0.1) is 5.52 Å². The minimum absolute atomic E-state index is 0.195. The molecule has 3 N–H and O–H groups in total. The standard InChI is InChI=1S/C17H25N3/c1-12(2)7-6-10-17(20-18)15-11-13(3)19-16-9-5-4-8-14(15)16/h4-5,8-9,11-12,17,20H,6-7,10,18H2,1-3H3. The van der Waals surface area contributed by atoms with Crippen molar-refractivity contribution in [2.24, 2.45) is 11.8 Å². The highest BCUT2D eigenvalue weighted by molar-refractivity contribution is 5.82. The third-order valence-corrected chi connectivity index (χ3v) is 3.73. The number of nitrogens with zero attached hydrogens (tertiary/aromatic N) is 1. The van der Waals surface area contributed by atoms with E-state index in [9.17, 15) is 0 Å². The number of para-hydroxylation sites is 1. The van der Waals surface area contributed by atoms with Crippen molar-refractivity contribution in [2.45, 2.75) is 46.1 Å². The molecule has 0 spiro atoms.